The first-order chi connectivity index (χ1) is 9.69. The maximum absolute atomic E-state index is 9.59. The maximum Gasteiger partial charge on any atom is 0.158 e. The third-order valence-electron chi connectivity index (χ3n) is 2.75. The normalized spacial score (nSPS) is 12.2. The summed E-state index contributed by atoms with van der Waals surface area (Å²) in [7, 11) is 0. The van der Waals surface area contributed by atoms with E-state index < -0.39 is 0 Å². The molecular weight excluding hydrogens is 256 g/mol. The van der Waals surface area contributed by atoms with E-state index in [-0.39, 0.29) is 6.10 Å². The van der Waals surface area contributed by atoms with Crippen molar-refractivity contribution in [3.05, 3.63) is 11.9 Å². The van der Waals surface area contributed by atoms with Crippen LogP contribution in [0.2, 0.25) is 0 Å². The molecule has 0 spiro atoms. The van der Waals surface area contributed by atoms with E-state index in [0.29, 0.717) is 37.8 Å². The first kappa shape index (κ1) is 16.7. The topological polar surface area (TPSA) is 79.3 Å². The highest BCUT2D eigenvalue weighted by atomic mass is 16.5. The zero-order valence-electron chi connectivity index (χ0n) is 12.6. The van der Waals surface area contributed by atoms with Crippen LogP contribution < -0.4 is 10.6 Å². The monoisotopic (exact) mass is 282 g/mol. The Bertz CT molecular complexity index is 361. The van der Waals surface area contributed by atoms with Gasteiger partial charge in [0.25, 0.3) is 0 Å². The molecule has 0 fully saturated rings. The SMILES string of the molecule is CCCNc1cc(NCC(O)CC)nc(COCC)n1. The van der Waals surface area contributed by atoms with Gasteiger partial charge in [-0.2, -0.15) is 0 Å². The lowest BCUT2D eigenvalue weighted by Crippen LogP contribution is -2.19. The highest BCUT2D eigenvalue weighted by Crippen LogP contribution is 2.12. The molecule has 6 heteroatoms. The number of rotatable bonds is 10. The van der Waals surface area contributed by atoms with Crippen LogP contribution in [0.15, 0.2) is 6.07 Å². The van der Waals surface area contributed by atoms with Crippen LogP contribution in [0, 0.1) is 0 Å². The van der Waals surface area contributed by atoms with Crippen molar-refractivity contribution >= 4 is 11.6 Å². The minimum Gasteiger partial charge on any atom is -0.391 e. The van der Waals surface area contributed by atoms with E-state index in [0.717, 1.165) is 18.8 Å². The van der Waals surface area contributed by atoms with Gasteiger partial charge in [0.15, 0.2) is 5.82 Å². The summed E-state index contributed by atoms with van der Waals surface area (Å²) >= 11 is 0. The van der Waals surface area contributed by atoms with Crippen molar-refractivity contribution in [3.8, 4) is 0 Å². The summed E-state index contributed by atoms with van der Waals surface area (Å²) < 4.78 is 5.35. The maximum atomic E-state index is 9.59. The van der Waals surface area contributed by atoms with E-state index in [4.69, 9.17) is 4.74 Å². The Morgan fingerprint density at radius 1 is 1.20 bits per heavy atom. The minimum atomic E-state index is -0.368. The van der Waals surface area contributed by atoms with Gasteiger partial charge >= 0.3 is 0 Å². The number of aliphatic hydroxyl groups is 1. The summed E-state index contributed by atoms with van der Waals surface area (Å²) in [6.07, 6.45) is 1.37. The number of hydrogen-bond donors (Lipinski definition) is 3. The molecule has 0 radical (unpaired) electrons. The largest absolute Gasteiger partial charge is 0.391 e. The molecule has 0 aliphatic carbocycles. The lowest BCUT2D eigenvalue weighted by atomic mass is 10.3. The molecule has 3 N–H and O–H groups in total. The Hall–Kier alpha value is -1.40. The summed E-state index contributed by atoms with van der Waals surface area (Å²) in [5.41, 5.74) is 0. The number of aromatic nitrogens is 2. The molecule has 20 heavy (non-hydrogen) atoms. The molecule has 1 atom stereocenters. The van der Waals surface area contributed by atoms with E-state index in [1.807, 2.05) is 19.9 Å². The molecule has 1 aromatic heterocycles. The quantitative estimate of drug-likeness (QED) is 0.609. The van der Waals surface area contributed by atoms with Crippen molar-refractivity contribution in [2.75, 3.05) is 30.3 Å². The van der Waals surface area contributed by atoms with E-state index in [1.54, 1.807) is 0 Å². The highest BCUT2D eigenvalue weighted by molar-refractivity contribution is 5.47. The molecule has 0 aromatic carbocycles. The van der Waals surface area contributed by atoms with Crippen molar-refractivity contribution in [1.82, 2.24) is 9.97 Å². The Labute approximate surface area is 121 Å². The summed E-state index contributed by atoms with van der Waals surface area (Å²) in [6.45, 7) is 8.36. The van der Waals surface area contributed by atoms with E-state index >= 15 is 0 Å². The molecule has 0 bridgehead atoms. The van der Waals surface area contributed by atoms with Crippen LogP contribution in [0.25, 0.3) is 0 Å². The molecular formula is C14H26N4O2. The van der Waals surface area contributed by atoms with Gasteiger partial charge < -0.3 is 20.5 Å². The summed E-state index contributed by atoms with van der Waals surface area (Å²) in [4.78, 5) is 8.79. The van der Waals surface area contributed by atoms with Crippen molar-refractivity contribution in [2.24, 2.45) is 0 Å². The number of nitrogens with one attached hydrogen (secondary N) is 2. The van der Waals surface area contributed by atoms with Crippen LogP contribution in [0.1, 0.15) is 39.4 Å². The zero-order valence-corrected chi connectivity index (χ0v) is 12.6. The molecule has 1 unspecified atom stereocenters. The van der Waals surface area contributed by atoms with Gasteiger partial charge in [-0.25, -0.2) is 9.97 Å². The van der Waals surface area contributed by atoms with Crippen LogP contribution in [0.4, 0.5) is 11.6 Å². The van der Waals surface area contributed by atoms with Gasteiger partial charge in [-0.1, -0.05) is 13.8 Å². The van der Waals surface area contributed by atoms with Gasteiger partial charge in [0.2, 0.25) is 0 Å². The molecule has 1 rings (SSSR count). The predicted molar refractivity (Wildman–Crippen MR) is 80.9 cm³/mol. The second kappa shape index (κ2) is 9.50. The zero-order chi connectivity index (χ0) is 14.8. The first-order valence-corrected chi connectivity index (χ1v) is 7.31. The fourth-order valence-electron chi connectivity index (χ4n) is 1.56. The number of nitrogens with zero attached hydrogens (tertiary/aromatic N) is 2. The van der Waals surface area contributed by atoms with Gasteiger partial charge in [-0.05, 0) is 19.8 Å². The van der Waals surface area contributed by atoms with Crippen molar-refractivity contribution < 1.29 is 9.84 Å². The van der Waals surface area contributed by atoms with Gasteiger partial charge in [0.05, 0.1) is 6.10 Å². The van der Waals surface area contributed by atoms with E-state index in [2.05, 4.69) is 27.5 Å². The predicted octanol–water partition coefficient (Wildman–Crippen LogP) is 2.02. The molecule has 6 nitrogen and oxygen atoms in total. The summed E-state index contributed by atoms with van der Waals surface area (Å²) in [6, 6.07) is 1.85. The van der Waals surface area contributed by atoms with Crippen molar-refractivity contribution in [1.29, 1.82) is 0 Å². The molecule has 0 aliphatic rings. The molecule has 1 heterocycles. The van der Waals surface area contributed by atoms with Gasteiger partial charge in [0, 0.05) is 25.8 Å². The van der Waals surface area contributed by atoms with Gasteiger partial charge in [-0.3, -0.25) is 0 Å². The minimum absolute atomic E-state index is 0.368. The Balaban J connectivity index is 2.73. The van der Waals surface area contributed by atoms with Crippen LogP contribution in [-0.4, -0.2) is 40.9 Å². The standard InChI is InChI=1S/C14H26N4O2/c1-4-7-15-12-8-13(16-9-11(19)5-2)18-14(17-12)10-20-6-3/h8,11,19H,4-7,9-10H2,1-3H3,(H2,15,16,17,18). The fraction of sp³-hybridized carbons (Fsp3) is 0.714. The first-order valence-electron chi connectivity index (χ1n) is 7.31. The van der Waals surface area contributed by atoms with Gasteiger partial charge in [-0.15, -0.1) is 0 Å². The molecule has 0 amide bonds. The van der Waals surface area contributed by atoms with Crippen molar-refractivity contribution in [2.45, 2.75) is 46.3 Å². The number of hydrogen-bond acceptors (Lipinski definition) is 6. The summed E-state index contributed by atoms with van der Waals surface area (Å²) in [5, 5.41) is 16.0. The average molecular weight is 282 g/mol. The van der Waals surface area contributed by atoms with E-state index in [1.165, 1.54) is 0 Å². The lowest BCUT2D eigenvalue weighted by Gasteiger charge is -2.13. The second-order valence-corrected chi connectivity index (χ2v) is 4.56. The Morgan fingerprint density at radius 2 is 1.90 bits per heavy atom. The number of anilines is 2. The Kier molecular flexibility index (Phi) is 7.91. The molecule has 0 aliphatic heterocycles. The van der Waals surface area contributed by atoms with Crippen LogP contribution in [0.3, 0.4) is 0 Å². The summed E-state index contributed by atoms with van der Waals surface area (Å²) in [5.74, 6) is 2.13. The van der Waals surface area contributed by atoms with Crippen LogP contribution in [-0.2, 0) is 11.3 Å². The van der Waals surface area contributed by atoms with Gasteiger partial charge in [0.1, 0.15) is 18.2 Å². The lowest BCUT2D eigenvalue weighted by molar-refractivity contribution is 0.128. The molecule has 1 aromatic rings. The average Bonchev–Trinajstić information content (AvgIpc) is 2.48. The third kappa shape index (κ3) is 6.16. The molecule has 0 saturated heterocycles. The van der Waals surface area contributed by atoms with Crippen LogP contribution in [0.5, 0.6) is 0 Å². The van der Waals surface area contributed by atoms with Crippen molar-refractivity contribution in [3.63, 3.8) is 0 Å². The number of aliphatic hydroxyl groups excluding tert-OH is 1. The van der Waals surface area contributed by atoms with Crippen LogP contribution >= 0.6 is 0 Å². The number of ether oxygens (including phenoxy) is 1. The fourth-order valence-corrected chi connectivity index (χ4v) is 1.56. The Morgan fingerprint density at radius 3 is 2.50 bits per heavy atom. The van der Waals surface area contributed by atoms with E-state index in [9.17, 15) is 5.11 Å². The third-order valence-corrected chi connectivity index (χ3v) is 2.75. The highest BCUT2D eigenvalue weighted by Gasteiger charge is 2.06. The smallest absolute Gasteiger partial charge is 0.158 e. The second-order valence-electron chi connectivity index (χ2n) is 4.56. The molecule has 114 valence electrons. The molecule has 0 saturated carbocycles.